The number of carbonyl (C=O) groups excluding carboxylic acids is 1. The Bertz CT molecular complexity index is 706. The van der Waals surface area contributed by atoms with Crippen molar-refractivity contribution >= 4 is 39.3 Å². The maximum Gasteiger partial charge on any atom is 0.238 e. The highest BCUT2D eigenvalue weighted by Crippen LogP contribution is 2.42. The summed E-state index contributed by atoms with van der Waals surface area (Å²) in [6, 6.07) is 12.8. The fourth-order valence-electron chi connectivity index (χ4n) is 2.34. The van der Waals surface area contributed by atoms with Gasteiger partial charge in [0, 0.05) is 10.2 Å². The Morgan fingerprint density at radius 2 is 2.10 bits per heavy atom. The largest absolute Gasteiger partial charge is 0.295 e. The van der Waals surface area contributed by atoms with E-state index in [1.807, 2.05) is 24.3 Å². The van der Waals surface area contributed by atoms with Gasteiger partial charge in [0.2, 0.25) is 5.91 Å². The number of carbonyl (C=O) groups is 1. The fourth-order valence-corrected chi connectivity index (χ4v) is 3.93. The van der Waals surface area contributed by atoms with Crippen LogP contribution in [0.1, 0.15) is 16.5 Å². The van der Waals surface area contributed by atoms with E-state index >= 15 is 0 Å². The number of hydrogen-bond donors (Lipinski definition) is 0. The van der Waals surface area contributed by atoms with Gasteiger partial charge in [-0.25, -0.2) is 4.39 Å². The van der Waals surface area contributed by atoms with Crippen LogP contribution in [0, 0.1) is 12.7 Å². The summed E-state index contributed by atoms with van der Waals surface area (Å²) in [6.07, 6.45) is 0. The van der Waals surface area contributed by atoms with Crippen molar-refractivity contribution in [2.45, 2.75) is 12.3 Å². The average Bonchev–Trinajstić information content (AvgIpc) is 2.84. The molecule has 0 spiro atoms. The van der Waals surface area contributed by atoms with E-state index in [-0.39, 0.29) is 17.1 Å². The smallest absolute Gasteiger partial charge is 0.238 e. The van der Waals surface area contributed by atoms with E-state index in [0.717, 1.165) is 10.0 Å². The van der Waals surface area contributed by atoms with Gasteiger partial charge < -0.3 is 0 Å². The Kier molecular flexibility index (Phi) is 4.04. The maximum atomic E-state index is 13.8. The highest BCUT2D eigenvalue weighted by molar-refractivity contribution is 9.10. The minimum atomic E-state index is -0.287. The second kappa shape index (κ2) is 5.81. The van der Waals surface area contributed by atoms with Crippen LogP contribution >= 0.6 is 27.7 Å². The van der Waals surface area contributed by atoms with Gasteiger partial charge in [-0.15, -0.1) is 11.8 Å². The Hall–Kier alpha value is -1.33. The van der Waals surface area contributed by atoms with Crippen LogP contribution in [0.25, 0.3) is 0 Å². The summed E-state index contributed by atoms with van der Waals surface area (Å²) >= 11 is 5.01. The van der Waals surface area contributed by atoms with E-state index in [1.54, 1.807) is 35.7 Å². The minimum Gasteiger partial charge on any atom is -0.295 e. The van der Waals surface area contributed by atoms with Crippen LogP contribution in [-0.2, 0) is 4.79 Å². The van der Waals surface area contributed by atoms with Gasteiger partial charge in [0.25, 0.3) is 0 Å². The molecule has 0 unspecified atom stereocenters. The quantitative estimate of drug-likeness (QED) is 0.770. The molecule has 1 atom stereocenters. The van der Waals surface area contributed by atoms with Crippen LogP contribution in [0.4, 0.5) is 10.1 Å². The van der Waals surface area contributed by atoms with Crippen molar-refractivity contribution in [3.05, 3.63) is 63.9 Å². The monoisotopic (exact) mass is 365 g/mol. The first-order valence-electron chi connectivity index (χ1n) is 6.51. The summed E-state index contributed by atoms with van der Waals surface area (Å²) in [6.45, 7) is 1.71. The zero-order valence-electron chi connectivity index (χ0n) is 11.3. The maximum absolute atomic E-state index is 13.8. The van der Waals surface area contributed by atoms with E-state index < -0.39 is 0 Å². The first-order chi connectivity index (χ1) is 10.1. The minimum absolute atomic E-state index is 0.00762. The summed E-state index contributed by atoms with van der Waals surface area (Å²) in [5.41, 5.74) is 2.22. The number of hydrogen-bond acceptors (Lipinski definition) is 2. The molecule has 1 heterocycles. The molecule has 1 saturated heterocycles. The molecule has 0 saturated carbocycles. The molecule has 2 nitrogen and oxygen atoms in total. The molecule has 0 aliphatic carbocycles. The lowest BCUT2D eigenvalue weighted by Gasteiger charge is -2.24. The molecule has 1 aliphatic heterocycles. The molecule has 1 aliphatic rings. The van der Waals surface area contributed by atoms with E-state index in [4.69, 9.17) is 0 Å². The molecular weight excluding hydrogens is 353 g/mol. The van der Waals surface area contributed by atoms with Crippen LogP contribution in [0.15, 0.2) is 46.9 Å². The average molecular weight is 366 g/mol. The number of halogens is 2. The van der Waals surface area contributed by atoms with Gasteiger partial charge in [0.1, 0.15) is 11.2 Å². The number of nitrogens with zero attached hydrogens (tertiary/aromatic N) is 1. The van der Waals surface area contributed by atoms with Crippen molar-refractivity contribution < 1.29 is 9.18 Å². The molecule has 21 heavy (non-hydrogen) atoms. The third-order valence-electron chi connectivity index (χ3n) is 3.44. The topological polar surface area (TPSA) is 20.3 Å². The standard InChI is InChI=1S/C16H13BrFNOS/c1-10-5-6-13(8-14(10)18)19-15(20)9-21-16(19)11-3-2-4-12(17)7-11/h2-8,16H,9H2,1H3/t16-/m0/s1. The molecule has 2 aromatic rings. The molecule has 0 radical (unpaired) electrons. The first kappa shape index (κ1) is 14.6. The zero-order chi connectivity index (χ0) is 15.0. The number of anilines is 1. The van der Waals surface area contributed by atoms with Crippen molar-refractivity contribution in [3.63, 3.8) is 0 Å². The Labute approximate surface area is 135 Å². The van der Waals surface area contributed by atoms with E-state index in [2.05, 4.69) is 15.9 Å². The van der Waals surface area contributed by atoms with Crippen molar-refractivity contribution in [3.8, 4) is 0 Å². The van der Waals surface area contributed by atoms with Gasteiger partial charge >= 0.3 is 0 Å². The summed E-state index contributed by atoms with van der Waals surface area (Å²) in [5.74, 6) is 0.130. The van der Waals surface area contributed by atoms with Crippen LogP contribution < -0.4 is 4.90 Å². The second-order valence-electron chi connectivity index (χ2n) is 4.92. The number of thioether (sulfide) groups is 1. The van der Waals surface area contributed by atoms with Gasteiger partial charge in [-0.2, -0.15) is 0 Å². The summed E-state index contributed by atoms with van der Waals surface area (Å²) in [5, 5.41) is -0.114. The van der Waals surface area contributed by atoms with Crippen molar-refractivity contribution in [2.24, 2.45) is 0 Å². The Balaban J connectivity index is 2.01. The second-order valence-corrected chi connectivity index (χ2v) is 6.90. The lowest BCUT2D eigenvalue weighted by Crippen LogP contribution is -2.27. The van der Waals surface area contributed by atoms with Crippen LogP contribution in [0.2, 0.25) is 0 Å². The molecule has 5 heteroatoms. The molecule has 1 amide bonds. The highest BCUT2D eigenvalue weighted by atomic mass is 79.9. The predicted molar refractivity (Wildman–Crippen MR) is 88.0 cm³/mol. The summed E-state index contributed by atoms with van der Waals surface area (Å²) in [7, 11) is 0. The normalized spacial score (nSPS) is 18.3. The summed E-state index contributed by atoms with van der Waals surface area (Å²) < 4.78 is 14.8. The molecule has 3 rings (SSSR count). The number of aryl methyl sites for hydroxylation is 1. The van der Waals surface area contributed by atoms with Gasteiger partial charge in [-0.1, -0.05) is 34.1 Å². The third-order valence-corrected chi connectivity index (χ3v) is 5.14. The predicted octanol–water partition coefficient (Wildman–Crippen LogP) is 4.68. The first-order valence-corrected chi connectivity index (χ1v) is 8.36. The zero-order valence-corrected chi connectivity index (χ0v) is 13.7. The number of rotatable bonds is 2. The van der Waals surface area contributed by atoms with Gasteiger partial charge in [-0.05, 0) is 42.3 Å². The van der Waals surface area contributed by atoms with Crippen LogP contribution in [0.5, 0.6) is 0 Å². The number of benzene rings is 2. The molecule has 108 valence electrons. The van der Waals surface area contributed by atoms with E-state index in [9.17, 15) is 9.18 Å². The van der Waals surface area contributed by atoms with Crippen molar-refractivity contribution in [2.75, 3.05) is 10.7 Å². The summed E-state index contributed by atoms with van der Waals surface area (Å²) in [4.78, 5) is 13.9. The molecule has 1 fully saturated rings. The van der Waals surface area contributed by atoms with Crippen molar-refractivity contribution in [1.29, 1.82) is 0 Å². The molecule has 2 aromatic carbocycles. The van der Waals surface area contributed by atoms with E-state index in [0.29, 0.717) is 17.0 Å². The Morgan fingerprint density at radius 3 is 2.81 bits per heavy atom. The van der Waals surface area contributed by atoms with E-state index in [1.165, 1.54) is 6.07 Å². The lowest BCUT2D eigenvalue weighted by atomic mass is 10.1. The highest BCUT2D eigenvalue weighted by Gasteiger charge is 2.34. The van der Waals surface area contributed by atoms with Crippen LogP contribution in [-0.4, -0.2) is 11.7 Å². The van der Waals surface area contributed by atoms with Gasteiger partial charge in [0.15, 0.2) is 0 Å². The van der Waals surface area contributed by atoms with Crippen molar-refractivity contribution in [1.82, 2.24) is 0 Å². The van der Waals surface area contributed by atoms with Gasteiger partial charge in [-0.3, -0.25) is 9.69 Å². The molecule has 0 bridgehead atoms. The molecule has 0 aromatic heterocycles. The fraction of sp³-hybridized carbons (Fsp3) is 0.188. The Morgan fingerprint density at radius 1 is 1.29 bits per heavy atom. The molecule has 0 N–H and O–H groups in total. The third kappa shape index (κ3) is 2.85. The number of amides is 1. The van der Waals surface area contributed by atoms with Gasteiger partial charge in [0.05, 0.1) is 5.75 Å². The SMILES string of the molecule is Cc1ccc(N2C(=O)CS[C@H]2c2cccc(Br)c2)cc1F. The lowest BCUT2D eigenvalue weighted by molar-refractivity contribution is -0.115. The van der Waals surface area contributed by atoms with Crippen LogP contribution in [0.3, 0.4) is 0 Å². The molecular formula is C16H13BrFNOS.